The van der Waals surface area contributed by atoms with Gasteiger partial charge in [0.1, 0.15) is 0 Å². The molecular formula is C22H20ClN5O4S. The van der Waals surface area contributed by atoms with Crippen molar-refractivity contribution in [3.8, 4) is 5.88 Å². The van der Waals surface area contributed by atoms with Gasteiger partial charge in [0.05, 0.1) is 30.0 Å². The van der Waals surface area contributed by atoms with Crippen LogP contribution in [0.1, 0.15) is 5.56 Å². The summed E-state index contributed by atoms with van der Waals surface area (Å²) < 4.78 is 35.2. The van der Waals surface area contributed by atoms with Crippen molar-refractivity contribution in [2.45, 2.75) is 4.90 Å². The lowest BCUT2D eigenvalue weighted by Gasteiger charge is -2.14. The van der Waals surface area contributed by atoms with Gasteiger partial charge in [-0.1, -0.05) is 24.2 Å². The molecule has 0 bridgehead atoms. The van der Waals surface area contributed by atoms with Gasteiger partial charge in [-0.25, -0.2) is 18.2 Å². The molecule has 0 radical (unpaired) electrons. The summed E-state index contributed by atoms with van der Waals surface area (Å²) >= 11 is 5.87. The number of benzene rings is 2. The summed E-state index contributed by atoms with van der Waals surface area (Å²) in [4.78, 5) is 18.5. The zero-order valence-electron chi connectivity index (χ0n) is 17.7. The van der Waals surface area contributed by atoms with Gasteiger partial charge in [-0.15, -0.1) is 0 Å². The molecule has 3 N–H and O–H groups in total. The molecule has 0 amide bonds. The third-order valence-electron chi connectivity index (χ3n) is 4.95. The number of hydrogen-bond donors (Lipinski definition) is 3. The van der Waals surface area contributed by atoms with Crippen molar-refractivity contribution in [1.29, 1.82) is 0 Å². The molecule has 0 saturated carbocycles. The second-order valence-electron chi connectivity index (χ2n) is 7.17. The molecule has 4 aromatic rings. The van der Waals surface area contributed by atoms with Crippen LogP contribution in [0.2, 0.25) is 5.02 Å². The van der Waals surface area contributed by atoms with E-state index in [2.05, 4.69) is 26.6 Å². The number of fused-ring (bicyclic) bond motifs is 1. The van der Waals surface area contributed by atoms with E-state index in [-0.39, 0.29) is 16.5 Å². The lowest BCUT2D eigenvalue weighted by Crippen LogP contribution is -2.15. The number of halogens is 1. The van der Waals surface area contributed by atoms with Crippen molar-refractivity contribution < 1.29 is 13.2 Å². The van der Waals surface area contributed by atoms with E-state index in [4.69, 9.17) is 16.3 Å². The highest BCUT2D eigenvalue weighted by Crippen LogP contribution is 2.28. The Labute approximate surface area is 194 Å². The largest absolute Gasteiger partial charge is 0.480 e. The minimum absolute atomic E-state index is 0.0589. The second kappa shape index (κ2) is 8.64. The first-order valence-electron chi connectivity index (χ1n) is 9.65. The fraction of sp³-hybridized carbons (Fsp3) is 0.0909. The minimum atomic E-state index is -4.02. The van der Waals surface area contributed by atoms with Gasteiger partial charge in [-0.05, 0) is 48.0 Å². The molecule has 11 heteroatoms. The molecule has 33 heavy (non-hydrogen) atoms. The van der Waals surface area contributed by atoms with Crippen LogP contribution in [-0.4, -0.2) is 30.1 Å². The maximum atomic E-state index is 13.0. The van der Waals surface area contributed by atoms with Crippen LogP contribution in [0.25, 0.3) is 16.7 Å². The molecule has 2 heterocycles. The van der Waals surface area contributed by atoms with Crippen molar-refractivity contribution in [2.75, 3.05) is 17.1 Å². The maximum Gasteiger partial charge on any atom is 0.326 e. The predicted molar refractivity (Wildman–Crippen MR) is 129 cm³/mol. The summed E-state index contributed by atoms with van der Waals surface area (Å²) in [5, 5.41) is 3.55. The van der Waals surface area contributed by atoms with Gasteiger partial charge in [0.25, 0.3) is 10.0 Å². The third-order valence-corrected chi connectivity index (χ3v) is 6.57. The van der Waals surface area contributed by atoms with Crippen molar-refractivity contribution in [1.82, 2.24) is 14.5 Å². The lowest BCUT2D eigenvalue weighted by molar-refractivity contribution is 0.385. The summed E-state index contributed by atoms with van der Waals surface area (Å²) in [5.41, 5.74) is 3.14. The number of methoxy groups -OCH3 is 1. The van der Waals surface area contributed by atoms with Gasteiger partial charge in [0.2, 0.25) is 5.88 Å². The third kappa shape index (κ3) is 4.57. The molecule has 0 fully saturated rings. The SMILES string of the molecule is C=C(Nc1cnc(OC)c(S(=O)(=O)Nc2ccc(Cl)cc2)c1)c1ccc2[nH]c(=O)n(C)c2c1. The Morgan fingerprint density at radius 3 is 2.58 bits per heavy atom. The van der Waals surface area contributed by atoms with Crippen LogP contribution in [0, 0.1) is 0 Å². The fourth-order valence-corrected chi connectivity index (χ4v) is 4.56. The monoisotopic (exact) mass is 485 g/mol. The van der Waals surface area contributed by atoms with E-state index in [1.165, 1.54) is 23.9 Å². The summed E-state index contributed by atoms with van der Waals surface area (Å²) in [6.07, 6.45) is 1.44. The van der Waals surface area contributed by atoms with Gasteiger partial charge in [0.15, 0.2) is 4.90 Å². The van der Waals surface area contributed by atoms with E-state index in [9.17, 15) is 13.2 Å². The van der Waals surface area contributed by atoms with Gasteiger partial charge < -0.3 is 15.0 Å². The zero-order valence-corrected chi connectivity index (χ0v) is 19.3. The first-order valence-corrected chi connectivity index (χ1v) is 11.5. The summed E-state index contributed by atoms with van der Waals surface area (Å²) in [5.74, 6) is -0.0589. The van der Waals surface area contributed by atoms with Crippen LogP contribution in [0.3, 0.4) is 0 Å². The van der Waals surface area contributed by atoms with E-state index >= 15 is 0 Å². The van der Waals surface area contributed by atoms with E-state index in [0.29, 0.717) is 33.1 Å². The molecule has 9 nitrogen and oxygen atoms in total. The summed E-state index contributed by atoms with van der Waals surface area (Å²) in [6.45, 7) is 4.03. The average Bonchev–Trinajstić information content (AvgIpc) is 3.08. The van der Waals surface area contributed by atoms with Crippen molar-refractivity contribution in [3.05, 3.63) is 82.4 Å². The maximum absolute atomic E-state index is 13.0. The van der Waals surface area contributed by atoms with Gasteiger partial charge >= 0.3 is 5.69 Å². The molecule has 170 valence electrons. The minimum Gasteiger partial charge on any atom is -0.480 e. The predicted octanol–water partition coefficient (Wildman–Crippen LogP) is 3.81. The average molecular weight is 486 g/mol. The number of rotatable bonds is 7. The van der Waals surface area contributed by atoms with Crippen LogP contribution in [0.5, 0.6) is 5.88 Å². The van der Waals surface area contributed by atoms with Crippen LogP contribution >= 0.6 is 11.6 Å². The first kappa shape index (κ1) is 22.4. The van der Waals surface area contributed by atoms with Crippen molar-refractivity contribution in [3.63, 3.8) is 0 Å². The highest BCUT2D eigenvalue weighted by molar-refractivity contribution is 7.92. The summed E-state index contributed by atoms with van der Waals surface area (Å²) in [7, 11) is -1.01. The number of anilines is 2. The molecule has 0 aliphatic carbocycles. The molecule has 0 spiro atoms. The van der Waals surface area contributed by atoms with E-state index in [1.807, 2.05) is 0 Å². The number of ether oxygens (including phenoxy) is 1. The number of aromatic amines is 1. The van der Waals surface area contributed by atoms with Gasteiger partial charge in [-0.3, -0.25) is 9.29 Å². The molecule has 2 aromatic carbocycles. The number of aromatic nitrogens is 3. The second-order valence-corrected chi connectivity index (χ2v) is 9.26. The van der Waals surface area contributed by atoms with Crippen LogP contribution in [-0.2, 0) is 17.1 Å². The van der Waals surface area contributed by atoms with Crippen LogP contribution in [0.15, 0.2) is 71.0 Å². The first-order chi connectivity index (χ1) is 15.7. The van der Waals surface area contributed by atoms with Crippen molar-refractivity contribution in [2.24, 2.45) is 7.05 Å². The molecule has 0 aliphatic rings. The highest BCUT2D eigenvalue weighted by Gasteiger charge is 2.22. The zero-order chi connectivity index (χ0) is 23.8. The Bertz CT molecular complexity index is 1520. The van der Waals surface area contributed by atoms with Crippen LogP contribution < -0.4 is 20.5 Å². The van der Waals surface area contributed by atoms with E-state index < -0.39 is 10.0 Å². The highest BCUT2D eigenvalue weighted by atomic mass is 35.5. The Hall–Kier alpha value is -3.76. The molecule has 0 saturated heterocycles. The normalized spacial score (nSPS) is 11.4. The number of sulfonamides is 1. The van der Waals surface area contributed by atoms with E-state index in [1.54, 1.807) is 49.5 Å². The Morgan fingerprint density at radius 2 is 1.88 bits per heavy atom. The Balaban J connectivity index is 1.63. The Kier molecular flexibility index (Phi) is 5.88. The van der Waals surface area contributed by atoms with E-state index in [0.717, 1.165) is 5.56 Å². The van der Waals surface area contributed by atoms with Crippen LogP contribution in [0.4, 0.5) is 11.4 Å². The molecule has 0 atom stereocenters. The quantitative estimate of drug-likeness (QED) is 0.366. The topological polar surface area (TPSA) is 118 Å². The summed E-state index contributed by atoms with van der Waals surface area (Å²) in [6, 6.07) is 13.0. The Morgan fingerprint density at radius 1 is 1.15 bits per heavy atom. The number of pyridine rings is 1. The van der Waals surface area contributed by atoms with Crippen molar-refractivity contribution >= 4 is 49.7 Å². The smallest absolute Gasteiger partial charge is 0.326 e. The molecule has 2 aromatic heterocycles. The molecule has 4 rings (SSSR count). The number of nitrogens with one attached hydrogen (secondary N) is 3. The van der Waals surface area contributed by atoms with Gasteiger partial charge in [-0.2, -0.15) is 0 Å². The van der Waals surface area contributed by atoms with Gasteiger partial charge in [0, 0.05) is 23.5 Å². The molecule has 0 aliphatic heterocycles. The number of hydrogen-bond acceptors (Lipinski definition) is 6. The lowest BCUT2D eigenvalue weighted by atomic mass is 10.1. The number of imidazole rings is 1. The molecule has 0 unspecified atom stereocenters. The number of nitrogens with zero attached hydrogens (tertiary/aromatic N) is 2. The molecular weight excluding hydrogens is 466 g/mol. The standard InChI is InChI=1S/C22H20ClN5O4S/c1-13(14-4-9-18-19(10-14)28(2)22(29)26-18)25-17-11-20(21(32-3)24-12-17)33(30,31)27-16-7-5-15(23)6-8-16/h4-12,25,27H,1H2,2-3H3,(H,26,29). The number of H-pyrrole nitrogens is 1. The number of aryl methyl sites for hydroxylation is 1. The fourth-order valence-electron chi connectivity index (χ4n) is 3.23.